The molecule has 1 fully saturated rings. The van der Waals surface area contributed by atoms with Crippen molar-refractivity contribution in [3.05, 3.63) is 29.6 Å². The molecule has 0 atom stereocenters. The second-order valence-corrected chi connectivity index (χ2v) is 5.03. The standard InChI is InChI=1S/C13H18FNO2/c1-13(2)9-17-7-6-15(13)8-10-4-3-5-11(14)12(10)16/h3-5,16H,6-9H2,1-2H3. The first-order chi connectivity index (χ1) is 8.00. The van der Waals surface area contributed by atoms with Gasteiger partial charge in [-0.25, -0.2) is 4.39 Å². The highest BCUT2D eigenvalue weighted by Crippen LogP contribution is 2.26. The summed E-state index contributed by atoms with van der Waals surface area (Å²) < 4.78 is 18.7. The number of hydrogen-bond acceptors (Lipinski definition) is 3. The SMILES string of the molecule is CC1(C)COCCN1Cc1cccc(F)c1O. The van der Waals surface area contributed by atoms with Crippen molar-refractivity contribution in [1.82, 2.24) is 4.90 Å². The van der Waals surface area contributed by atoms with E-state index in [0.29, 0.717) is 25.3 Å². The first-order valence-corrected chi connectivity index (χ1v) is 5.80. The van der Waals surface area contributed by atoms with Gasteiger partial charge in [0, 0.05) is 24.2 Å². The number of phenols is 1. The maximum Gasteiger partial charge on any atom is 0.165 e. The number of benzene rings is 1. The lowest BCUT2D eigenvalue weighted by molar-refractivity contribution is -0.0555. The zero-order chi connectivity index (χ0) is 12.5. The fourth-order valence-electron chi connectivity index (χ4n) is 2.08. The Balaban J connectivity index is 2.17. The zero-order valence-electron chi connectivity index (χ0n) is 10.2. The second-order valence-electron chi connectivity index (χ2n) is 5.03. The van der Waals surface area contributed by atoms with Crippen molar-refractivity contribution < 1.29 is 14.2 Å². The number of ether oxygens (including phenoxy) is 1. The molecule has 2 rings (SSSR count). The van der Waals surface area contributed by atoms with Crippen LogP contribution in [0.5, 0.6) is 5.75 Å². The summed E-state index contributed by atoms with van der Waals surface area (Å²) in [6, 6.07) is 4.64. The fourth-order valence-corrected chi connectivity index (χ4v) is 2.08. The van der Waals surface area contributed by atoms with Gasteiger partial charge in [0.15, 0.2) is 11.6 Å². The van der Waals surface area contributed by atoms with Crippen LogP contribution in [0.2, 0.25) is 0 Å². The second kappa shape index (κ2) is 4.63. The van der Waals surface area contributed by atoms with E-state index in [1.807, 2.05) is 0 Å². The van der Waals surface area contributed by atoms with Crippen LogP contribution in [0.15, 0.2) is 18.2 Å². The molecule has 0 unspecified atom stereocenters. The minimum absolute atomic E-state index is 0.0863. The van der Waals surface area contributed by atoms with E-state index < -0.39 is 5.82 Å². The van der Waals surface area contributed by atoms with Crippen LogP contribution in [0.4, 0.5) is 4.39 Å². The van der Waals surface area contributed by atoms with Crippen molar-refractivity contribution in [2.75, 3.05) is 19.8 Å². The number of nitrogens with zero attached hydrogens (tertiary/aromatic N) is 1. The Morgan fingerprint density at radius 3 is 2.94 bits per heavy atom. The minimum atomic E-state index is -0.562. The van der Waals surface area contributed by atoms with Gasteiger partial charge in [-0.15, -0.1) is 0 Å². The molecule has 0 bridgehead atoms. The number of halogens is 1. The van der Waals surface area contributed by atoms with E-state index in [-0.39, 0.29) is 11.3 Å². The molecule has 94 valence electrons. The maximum atomic E-state index is 13.2. The Morgan fingerprint density at radius 1 is 1.47 bits per heavy atom. The van der Waals surface area contributed by atoms with Crippen molar-refractivity contribution in [2.45, 2.75) is 25.9 Å². The van der Waals surface area contributed by atoms with Crippen LogP contribution in [0.25, 0.3) is 0 Å². The number of rotatable bonds is 2. The molecule has 1 saturated heterocycles. The molecule has 0 saturated carbocycles. The lowest BCUT2D eigenvalue weighted by Crippen LogP contribution is -2.52. The molecule has 1 aromatic carbocycles. The van der Waals surface area contributed by atoms with E-state index >= 15 is 0 Å². The predicted octanol–water partition coefficient (Wildman–Crippen LogP) is 2.14. The number of aromatic hydroxyl groups is 1. The molecule has 0 radical (unpaired) electrons. The van der Waals surface area contributed by atoms with E-state index in [4.69, 9.17) is 4.74 Å². The van der Waals surface area contributed by atoms with Crippen LogP contribution in [-0.4, -0.2) is 35.3 Å². The molecular formula is C13H18FNO2. The van der Waals surface area contributed by atoms with Crippen molar-refractivity contribution in [3.8, 4) is 5.75 Å². The van der Waals surface area contributed by atoms with Crippen LogP contribution < -0.4 is 0 Å². The molecule has 0 amide bonds. The summed E-state index contributed by atoms with van der Waals surface area (Å²) in [5.74, 6) is -0.802. The lowest BCUT2D eigenvalue weighted by Gasteiger charge is -2.42. The van der Waals surface area contributed by atoms with Gasteiger partial charge in [0.1, 0.15) is 0 Å². The van der Waals surface area contributed by atoms with E-state index in [0.717, 1.165) is 6.54 Å². The van der Waals surface area contributed by atoms with Crippen LogP contribution >= 0.6 is 0 Å². The van der Waals surface area contributed by atoms with E-state index in [2.05, 4.69) is 18.7 Å². The van der Waals surface area contributed by atoms with Crippen molar-refractivity contribution in [3.63, 3.8) is 0 Å². The van der Waals surface area contributed by atoms with Gasteiger partial charge in [0.05, 0.1) is 13.2 Å². The quantitative estimate of drug-likeness (QED) is 0.858. The van der Waals surface area contributed by atoms with E-state index in [1.165, 1.54) is 6.07 Å². The molecule has 0 aromatic heterocycles. The minimum Gasteiger partial charge on any atom is -0.505 e. The average molecular weight is 239 g/mol. The molecule has 3 nitrogen and oxygen atoms in total. The Bertz CT molecular complexity index is 406. The molecule has 1 aliphatic heterocycles. The van der Waals surface area contributed by atoms with Gasteiger partial charge in [0.25, 0.3) is 0 Å². The predicted molar refractivity (Wildman–Crippen MR) is 63.4 cm³/mol. The van der Waals surface area contributed by atoms with Crippen molar-refractivity contribution >= 4 is 0 Å². The average Bonchev–Trinajstić information content (AvgIpc) is 2.27. The molecular weight excluding hydrogens is 221 g/mol. The van der Waals surface area contributed by atoms with Crippen molar-refractivity contribution in [2.24, 2.45) is 0 Å². The Labute approximate surface area is 101 Å². The van der Waals surface area contributed by atoms with E-state index in [1.54, 1.807) is 12.1 Å². The topological polar surface area (TPSA) is 32.7 Å². The molecule has 1 heterocycles. The first-order valence-electron chi connectivity index (χ1n) is 5.80. The summed E-state index contributed by atoms with van der Waals surface area (Å²) in [7, 11) is 0. The highest BCUT2D eigenvalue weighted by molar-refractivity contribution is 5.33. The Morgan fingerprint density at radius 2 is 2.24 bits per heavy atom. The van der Waals surface area contributed by atoms with Crippen LogP contribution in [0, 0.1) is 5.82 Å². The molecule has 4 heteroatoms. The lowest BCUT2D eigenvalue weighted by atomic mass is 10.0. The van der Waals surface area contributed by atoms with Gasteiger partial charge in [0.2, 0.25) is 0 Å². The summed E-state index contributed by atoms with van der Waals surface area (Å²) >= 11 is 0. The number of phenolic OH excluding ortho intramolecular Hbond substituents is 1. The van der Waals surface area contributed by atoms with E-state index in [9.17, 15) is 9.50 Å². The molecule has 0 spiro atoms. The summed E-state index contributed by atoms with van der Waals surface area (Å²) in [5.41, 5.74) is 0.539. The van der Waals surface area contributed by atoms with Crippen LogP contribution in [-0.2, 0) is 11.3 Å². The Kier molecular flexibility index (Phi) is 3.35. The summed E-state index contributed by atoms with van der Waals surface area (Å²) in [6.45, 7) is 6.84. The monoisotopic (exact) mass is 239 g/mol. The van der Waals surface area contributed by atoms with Gasteiger partial charge >= 0.3 is 0 Å². The first kappa shape index (κ1) is 12.3. The van der Waals surface area contributed by atoms with Gasteiger partial charge in [-0.1, -0.05) is 12.1 Å². The maximum absolute atomic E-state index is 13.2. The van der Waals surface area contributed by atoms with Gasteiger partial charge < -0.3 is 9.84 Å². The fraction of sp³-hybridized carbons (Fsp3) is 0.538. The molecule has 0 aliphatic carbocycles. The molecule has 1 aliphatic rings. The zero-order valence-corrected chi connectivity index (χ0v) is 10.2. The van der Waals surface area contributed by atoms with Gasteiger partial charge in [-0.05, 0) is 19.9 Å². The number of hydrogen-bond donors (Lipinski definition) is 1. The molecule has 1 aromatic rings. The van der Waals surface area contributed by atoms with Gasteiger partial charge in [-0.3, -0.25) is 4.90 Å². The summed E-state index contributed by atoms with van der Waals surface area (Å²) in [6.07, 6.45) is 0. The molecule has 17 heavy (non-hydrogen) atoms. The van der Waals surface area contributed by atoms with Gasteiger partial charge in [-0.2, -0.15) is 0 Å². The number of para-hydroxylation sites is 1. The smallest absolute Gasteiger partial charge is 0.165 e. The normalized spacial score (nSPS) is 20.4. The largest absolute Gasteiger partial charge is 0.505 e. The summed E-state index contributed by atoms with van der Waals surface area (Å²) in [4.78, 5) is 2.20. The number of morpholine rings is 1. The van der Waals surface area contributed by atoms with Crippen LogP contribution in [0.3, 0.4) is 0 Å². The highest BCUT2D eigenvalue weighted by atomic mass is 19.1. The summed E-state index contributed by atoms with van der Waals surface area (Å²) in [5, 5.41) is 9.67. The third-order valence-electron chi connectivity index (χ3n) is 3.25. The highest BCUT2D eigenvalue weighted by Gasteiger charge is 2.30. The Hall–Kier alpha value is -1.13. The third kappa shape index (κ3) is 2.58. The third-order valence-corrected chi connectivity index (χ3v) is 3.25. The molecule has 1 N–H and O–H groups in total. The van der Waals surface area contributed by atoms with Crippen LogP contribution in [0.1, 0.15) is 19.4 Å². The van der Waals surface area contributed by atoms with Crippen molar-refractivity contribution in [1.29, 1.82) is 0 Å².